The topological polar surface area (TPSA) is 76.1 Å². The molecule has 1 saturated heterocycles. The first kappa shape index (κ1) is 16.3. The molecule has 1 aliphatic rings. The zero-order valence-corrected chi connectivity index (χ0v) is 12.8. The molecule has 8 heteroatoms. The largest absolute Gasteiger partial charge is 0.376 e. The number of nitrogens with zero attached hydrogens (tertiary/aromatic N) is 2. The average molecular weight is 334 g/mol. The van der Waals surface area contributed by atoms with Crippen molar-refractivity contribution in [1.82, 2.24) is 15.3 Å². The van der Waals surface area contributed by atoms with E-state index < -0.39 is 11.6 Å². The monoisotopic (exact) mass is 334 g/mol. The molecule has 2 N–H and O–H groups in total. The van der Waals surface area contributed by atoms with E-state index in [1.807, 2.05) is 0 Å². The first-order valence-corrected chi connectivity index (χ1v) is 7.56. The molecule has 2 heterocycles. The van der Waals surface area contributed by atoms with Gasteiger partial charge >= 0.3 is 0 Å². The maximum atomic E-state index is 13.6. The number of amides is 1. The van der Waals surface area contributed by atoms with E-state index in [0.717, 1.165) is 31.6 Å². The number of ether oxygens (including phenoxy) is 1. The number of aromatic nitrogens is 2. The van der Waals surface area contributed by atoms with Crippen LogP contribution in [0.3, 0.4) is 0 Å². The minimum atomic E-state index is -0.753. The number of para-hydroxylation sites is 1. The maximum absolute atomic E-state index is 13.6. The van der Waals surface area contributed by atoms with Crippen molar-refractivity contribution >= 4 is 17.5 Å². The van der Waals surface area contributed by atoms with Crippen LogP contribution in [0.15, 0.2) is 30.6 Å². The number of hydrogen-bond donors (Lipinski definition) is 2. The maximum Gasteiger partial charge on any atom is 0.254 e. The van der Waals surface area contributed by atoms with Crippen LogP contribution in [0.4, 0.5) is 20.4 Å². The summed E-state index contributed by atoms with van der Waals surface area (Å²) < 4.78 is 32.5. The highest BCUT2D eigenvalue weighted by Gasteiger charge is 2.17. The minimum Gasteiger partial charge on any atom is -0.376 e. The van der Waals surface area contributed by atoms with E-state index in [9.17, 15) is 13.6 Å². The standard InChI is InChI=1S/C16H16F2N4O2/c17-12-4-1-5-13(18)14(12)22-16-20-7-10(8-21-16)15(23)19-9-11-3-2-6-24-11/h1,4-5,7-8,11H,2-3,6,9H2,(H,19,23)(H,20,21,22). The second kappa shape index (κ2) is 7.31. The molecule has 0 bridgehead atoms. The van der Waals surface area contributed by atoms with Crippen LogP contribution in [0.1, 0.15) is 23.2 Å². The molecule has 0 radical (unpaired) electrons. The van der Waals surface area contributed by atoms with Gasteiger partial charge in [0, 0.05) is 25.5 Å². The van der Waals surface area contributed by atoms with Crippen LogP contribution < -0.4 is 10.6 Å². The number of hydrogen-bond acceptors (Lipinski definition) is 5. The molecule has 1 aromatic heterocycles. The fourth-order valence-electron chi connectivity index (χ4n) is 2.35. The number of nitrogens with one attached hydrogen (secondary N) is 2. The predicted octanol–water partition coefficient (Wildman–Crippen LogP) is 2.41. The van der Waals surface area contributed by atoms with Crippen molar-refractivity contribution in [1.29, 1.82) is 0 Å². The van der Waals surface area contributed by atoms with Gasteiger partial charge < -0.3 is 15.4 Å². The Morgan fingerprint density at radius 2 is 1.96 bits per heavy atom. The zero-order chi connectivity index (χ0) is 16.9. The third kappa shape index (κ3) is 3.83. The number of halogens is 2. The summed E-state index contributed by atoms with van der Waals surface area (Å²) in [5, 5.41) is 5.20. The van der Waals surface area contributed by atoms with E-state index in [1.54, 1.807) is 0 Å². The molecule has 1 unspecified atom stereocenters. The molecule has 0 aliphatic carbocycles. The van der Waals surface area contributed by atoms with Crippen molar-refractivity contribution in [2.24, 2.45) is 0 Å². The van der Waals surface area contributed by atoms with E-state index in [1.165, 1.54) is 18.5 Å². The average Bonchev–Trinajstić information content (AvgIpc) is 3.10. The third-order valence-corrected chi connectivity index (χ3v) is 3.63. The summed E-state index contributed by atoms with van der Waals surface area (Å²) in [6.45, 7) is 1.15. The van der Waals surface area contributed by atoms with E-state index in [2.05, 4.69) is 20.6 Å². The van der Waals surface area contributed by atoms with Crippen LogP contribution in [0.25, 0.3) is 0 Å². The van der Waals surface area contributed by atoms with Crippen LogP contribution in [0.2, 0.25) is 0 Å². The molecule has 1 fully saturated rings. The summed E-state index contributed by atoms with van der Waals surface area (Å²) in [7, 11) is 0. The summed E-state index contributed by atoms with van der Waals surface area (Å²) >= 11 is 0. The van der Waals surface area contributed by atoms with E-state index in [0.29, 0.717) is 6.54 Å². The number of carbonyl (C=O) groups is 1. The van der Waals surface area contributed by atoms with Crippen LogP contribution in [0.5, 0.6) is 0 Å². The second-order valence-electron chi connectivity index (χ2n) is 5.36. The molecule has 0 saturated carbocycles. The van der Waals surface area contributed by atoms with Gasteiger partial charge in [-0.15, -0.1) is 0 Å². The van der Waals surface area contributed by atoms with Gasteiger partial charge in [-0.05, 0) is 25.0 Å². The molecule has 6 nitrogen and oxygen atoms in total. The summed E-state index contributed by atoms with van der Waals surface area (Å²) in [6.07, 6.45) is 4.54. The van der Waals surface area contributed by atoms with Crippen molar-refractivity contribution in [3.05, 3.63) is 47.8 Å². The third-order valence-electron chi connectivity index (χ3n) is 3.63. The lowest BCUT2D eigenvalue weighted by molar-refractivity contribution is 0.0857. The highest BCUT2D eigenvalue weighted by molar-refractivity contribution is 5.93. The second-order valence-corrected chi connectivity index (χ2v) is 5.36. The van der Waals surface area contributed by atoms with Gasteiger partial charge in [0.25, 0.3) is 5.91 Å². The summed E-state index contributed by atoms with van der Waals surface area (Å²) in [5.41, 5.74) is -0.0827. The van der Waals surface area contributed by atoms with Crippen molar-refractivity contribution in [2.45, 2.75) is 18.9 Å². The molecule has 0 spiro atoms. The van der Waals surface area contributed by atoms with Crippen LogP contribution >= 0.6 is 0 Å². The first-order valence-electron chi connectivity index (χ1n) is 7.56. The van der Waals surface area contributed by atoms with Crippen LogP contribution in [0, 0.1) is 11.6 Å². The summed E-state index contributed by atoms with van der Waals surface area (Å²) in [4.78, 5) is 19.8. The number of rotatable bonds is 5. The molecular weight excluding hydrogens is 318 g/mol. The Morgan fingerprint density at radius 3 is 2.58 bits per heavy atom. The first-order chi connectivity index (χ1) is 11.6. The summed E-state index contributed by atoms with van der Waals surface area (Å²) in [6, 6.07) is 3.51. The van der Waals surface area contributed by atoms with E-state index in [4.69, 9.17) is 4.74 Å². The van der Waals surface area contributed by atoms with Gasteiger partial charge in [-0.1, -0.05) is 6.07 Å². The Kier molecular flexibility index (Phi) is 4.95. The van der Waals surface area contributed by atoms with Gasteiger partial charge in [-0.25, -0.2) is 18.7 Å². The molecule has 2 aromatic rings. The molecule has 1 amide bonds. The zero-order valence-electron chi connectivity index (χ0n) is 12.8. The highest BCUT2D eigenvalue weighted by Crippen LogP contribution is 2.20. The summed E-state index contributed by atoms with van der Waals surface area (Å²) in [5.74, 6) is -1.84. The van der Waals surface area contributed by atoms with Crippen molar-refractivity contribution < 1.29 is 18.3 Å². The quantitative estimate of drug-likeness (QED) is 0.878. The normalized spacial score (nSPS) is 16.8. The van der Waals surface area contributed by atoms with Gasteiger partial charge in [-0.3, -0.25) is 4.79 Å². The van der Waals surface area contributed by atoms with Gasteiger partial charge in [0.15, 0.2) is 0 Å². The van der Waals surface area contributed by atoms with E-state index in [-0.39, 0.29) is 29.2 Å². The Morgan fingerprint density at radius 1 is 1.25 bits per heavy atom. The fourth-order valence-corrected chi connectivity index (χ4v) is 2.35. The van der Waals surface area contributed by atoms with E-state index >= 15 is 0 Å². The Balaban J connectivity index is 1.61. The number of benzene rings is 1. The van der Waals surface area contributed by atoms with Gasteiger partial charge in [0.2, 0.25) is 5.95 Å². The van der Waals surface area contributed by atoms with Crippen molar-refractivity contribution in [3.63, 3.8) is 0 Å². The van der Waals surface area contributed by atoms with Gasteiger partial charge in [0.1, 0.15) is 17.3 Å². The molecular formula is C16H16F2N4O2. The molecule has 126 valence electrons. The molecule has 24 heavy (non-hydrogen) atoms. The Bertz CT molecular complexity index is 698. The molecule has 1 aromatic carbocycles. The molecule has 1 aliphatic heterocycles. The lowest BCUT2D eigenvalue weighted by Crippen LogP contribution is -2.31. The van der Waals surface area contributed by atoms with Crippen molar-refractivity contribution in [2.75, 3.05) is 18.5 Å². The molecule has 3 rings (SSSR count). The van der Waals surface area contributed by atoms with Crippen LogP contribution in [-0.4, -0.2) is 35.1 Å². The SMILES string of the molecule is O=C(NCC1CCCO1)c1cnc(Nc2c(F)cccc2F)nc1. The minimum absolute atomic E-state index is 0.00493. The Labute approximate surface area is 137 Å². The lowest BCUT2D eigenvalue weighted by atomic mass is 10.2. The van der Waals surface area contributed by atoms with Crippen molar-refractivity contribution in [3.8, 4) is 0 Å². The number of carbonyl (C=O) groups excluding carboxylic acids is 1. The van der Waals surface area contributed by atoms with Gasteiger partial charge in [-0.2, -0.15) is 0 Å². The predicted molar refractivity (Wildman–Crippen MR) is 83.0 cm³/mol. The lowest BCUT2D eigenvalue weighted by Gasteiger charge is -2.11. The Hall–Kier alpha value is -2.61. The fraction of sp³-hybridized carbons (Fsp3) is 0.312. The highest BCUT2D eigenvalue weighted by atomic mass is 19.1. The smallest absolute Gasteiger partial charge is 0.254 e. The van der Waals surface area contributed by atoms with Gasteiger partial charge in [0.05, 0.1) is 11.7 Å². The van der Waals surface area contributed by atoms with Crippen LogP contribution in [-0.2, 0) is 4.74 Å². The number of anilines is 2. The molecule has 1 atom stereocenters.